The van der Waals surface area contributed by atoms with Crippen LogP contribution in [0, 0.1) is 5.92 Å². The van der Waals surface area contributed by atoms with E-state index in [1.165, 1.54) is 32.1 Å². The Bertz CT molecular complexity index is 117. The monoisotopic (exact) mass is 216 g/mol. The van der Waals surface area contributed by atoms with Crippen LogP contribution in [0.1, 0.15) is 52.4 Å². The van der Waals surface area contributed by atoms with Crippen LogP contribution in [0.15, 0.2) is 0 Å². The number of ether oxygens (including phenoxy) is 1. The summed E-state index contributed by atoms with van der Waals surface area (Å²) >= 11 is 0. The summed E-state index contributed by atoms with van der Waals surface area (Å²) in [4.78, 5) is 0. The van der Waals surface area contributed by atoms with Gasteiger partial charge < -0.3 is 4.74 Å². The molecule has 0 rings (SSSR count). The Labute approximate surface area is 94.7 Å². The molecule has 0 heterocycles. The third-order valence-corrected chi connectivity index (χ3v) is 3.07. The molecule has 0 aromatic carbocycles. The molecule has 0 amide bonds. The van der Waals surface area contributed by atoms with Gasteiger partial charge in [-0.3, -0.25) is 11.3 Å². The van der Waals surface area contributed by atoms with Gasteiger partial charge >= 0.3 is 0 Å². The number of hydrazine groups is 1. The van der Waals surface area contributed by atoms with E-state index in [0.29, 0.717) is 6.04 Å². The van der Waals surface area contributed by atoms with Gasteiger partial charge in [0, 0.05) is 19.8 Å². The summed E-state index contributed by atoms with van der Waals surface area (Å²) in [6, 6.07) is 0.409. The molecule has 0 bridgehead atoms. The second kappa shape index (κ2) is 10.4. The molecule has 3 N–H and O–H groups in total. The smallest absolute Gasteiger partial charge is 0.0477 e. The Kier molecular flexibility index (Phi) is 10.3. The first kappa shape index (κ1) is 14.9. The summed E-state index contributed by atoms with van der Waals surface area (Å²) in [6.07, 6.45) is 7.39. The number of hydrogen-bond acceptors (Lipinski definition) is 3. The van der Waals surface area contributed by atoms with Gasteiger partial charge in [-0.1, -0.05) is 39.5 Å². The molecule has 3 nitrogen and oxygen atoms in total. The minimum atomic E-state index is 0.409. The molecule has 2 atom stereocenters. The quantitative estimate of drug-likeness (QED) is 0.435. The average molecular weight is 216 g/mol. The van der Waals surface area contributed by atoms with Gasteiger partial charge in [0.1, 0.15) is 0 Å². The Morgan fingerprint density at radius 2 is 2.00 bits per heavy atom. The molecule has 0 aliphatic heterocycles. The third-order valence-electron chi connectivity index (χ3n) is 3.07. The maximum Gasteiger partial charge on any atom is 0.0477 e. The lowest BCUT2D eigenvalue weighted by Crippen LogP contribution is -2.37. The first-order valence-corrected chi connectivity index (χ1v) is 6.23. The van der Waals surface area contributed by atoms with Crippen molar-refractivity contribution in [3.63, 3.8) is 0 Å². The van der Waals surface area contributed by atoms with Gasteiger partial charge in [-0.15, -0.1) is 0 Å². The lowest BCUT2D eigenvalue weighted by atomic mass is 9.91. The highest BCUT2D eigenvalue weighted by atomic mass is 16.5. The molecule has 0 spiro atoms. The highest BCUT2D eigenvalue weighted by Gasteiger charge is 2.13. The normalized spacial score (nSPS) is 15.2. The fourth-order valence-corrected chi connectivity index (χ4v) is 1.91. The molecule has 15 heavy (non-hydrogen) atoms. The summed E-state index contributed by atoms with van der Waals surface area (Å²) < 4.78 is 5.07. The molecule has 3 heteroatoms. The maximum absolute atomic E-state index is 5.54. The predicted molar refractivity (Wildman–Crippen MR) is 65.5 cm³/mol. The molecule has 0 fully saturated rings. The molecule has 0 aromatic rings. The molecule has 0 radical (unpaired) electrons. The van der Waals surface area contributed by atoms with Crippen molar-refractivity contribution in [2.24, 2.45) is 11.8 Å². The van der Waals surface area contributed by atoms with Gasteiger partial charge in [0.05, 0.1) is 0 Å². The third kappa shape index (κ3) is 7.77. The van der Waals surface area contributed by atoms with E-state index >= 15 is 0 Å². The van der Waals surface area contributed by atoms with Crippen molar-refractivity contribution in [1.82, 2.24) is 5.43 Å². The van der Waals surface area contributed by atoms with Crippen molar-refractivity contribution in [1.29, 1.82) is 0 Å². The molecule has 0 aromatic heterocycles. The summed E-state index contributed by atoms with van der Waals surface area (Å²) in [7, 11) is 1.74. The van der Waals surface area contributed by atoms with Crippen molar-refractivity contribution >= 4 is 0 Å². The number of rotatable bonds is 10. The van der Waals surface area contributed by atoms with Crippen LogP contribution in [0.3, 0.4) is 0 Å². The predicted octanol–water partition coefficient (Wildman–Crippen LogP) is 2.46. The van der Waals surface area contributed by atoms with E-state index in [1.807, 2.05) is 0 Å². The average Bonchev–Trinajstić information content (AvgIpc) is 2.28. The minimum absolute atomic E-state index is 0.409. The van der Waals surface area contributed by atoms with Crippen molar-refractivity contribution in [3.05, 3.63) is 0 Å². The van der Waals surface area contributed by atoms with Crippen molar-refractivity contribution in [2.75, 3.05) is 13.7 Å². The van der Waals surface area contributed by atoms with E-state index in [4.69, 9.17) is 10.6 Å². The summed E-state index contributed by atoms with van der Waals surface area (Å²) in [6.45, 7) is 5.31. The highest BCUT2D eigenvalue weighted by Crippen LogP contribution is 2.19. The molecule has 0 aliphatic rings. The zero-order valence-electron chi connectivity index (χ0n) is 10.6. The van der Waals surface area contributed by atoms with Crippen LogP contribution in [0.2, 0.25) is 0 Å². The second-order valence-corrected chi connectivity index (χ2v) is 4.30. The fraction of sp³-hybridized carbons (Fsp3) is 1.00. The standard InChI is InChI=1S/C12H28N2O/c1-4-6-7-11(5-2)10-12(14-13)8-9-15-3/h11-12,14H,4-10,13H2,1-3H3. The largest absolute Gasteiger partial charge is 0.385 e. The van der Waals surface area contributed by atoms with Gasteiger partial charge in [0.25, 0.3) is 0 Å². The number of hydrogen-bond donors (Lipinski definition) is 2. The summed E-state index contributed by atoms with van der Waals surface area (Å²) in [5, 5.41) is 0. The van der Waals surface area contributed by atoms with Crippen LogP contribution in [0.25, 0.3) is 0 Å². The molecular weight excluding hydrogens is 188 g/mol. The van der Waals surface area contributed by atoms with Crippen LogP contribution in [0.5, 0.6) is 0 Å². The number of nitrogens with one attached hydrogen (secondary N) is 1. The number of unbranched alkanes of at least 4 members (excludes halogenated alkanes) is 1. The van der Waals surface area contributed by atoms with Crippen LogP contribution < -0.4 is 11.3 Å². The zero-order valence-corrected chi connectivity index (χ0v) is 10.6. The number of nitrogens with two attached hydrogens (primary N) is 1. The lowest BCUT2D eigenvalue weighted by molar-refractivity contribution is 0.176. The van der Waals surface area contributed by atoms with E-state index in [9.17, 15) is 0 Å². The molecule has 0 saturated carbocycles. The van der Waals surface area contributed by atoms with Crippen molar-refractivity contribution in [2.45, 2.75) is 58.4 Å². The highest BCUT2D eigenvalue weighted by molar-refractivity contribution is 4.69. The summed E-state index contributed by atoms with van der Waals surface area (Å²) in [5.41, 5.74) is 2.90. The fourth-order valence-electron chi connectivity index (χ4n) is 1.91. The molecular formula is C12H28N2O. The van der Waals surface area contributed by atoms with Gasteiger partial charge in [-0.25, -0.2) is 0 Å². The first-order valence-electron chi connectivity index (χ1n) is 6.23. The van der Waals surface area contributed by atoms with Gasteiger partial charge in [0.15, 0.2) is 0 Å². The molecule has 2 unspecified atom stereocenters. The van der Waals surface area contributed by atoms with E-state index in [-0.39, 0.29) is 0 Å². The second-order valence-electron chi connectivity index (χ2n) is 4.30. The number of methoxy groups -OCH3 is 1. The van der Waals surface area contributed by atoms with Crippen molar-refractivity contribution < 1.29 is 4.74 Å². The Morgan fingerprint density at radius 3 is 2.47 bits per heavy atom. The topological polar surface area (TPSA) is 47.3 Å². The van der Waals surface area contributed by atoms with E-state index in [0.717, 1.165) is 18.9 Å². The minimum Gasteiger partial charge on any atom is -0.385 e. The van der Waals surface area contributed by atoms with Crippen LogP contribution >= 0.6 is 0 Å². The zero-order chi connectivity index (χ0) is 11.5. The van der Waals surface area contributed by atoms with Crippen molar-refractivity contribution in [3.8, 4) is 0 Å². The van der Waals surface area contributed by atoms with Gasteiger partial charge in [-0.2, -0.15) is 0 Å². The maximum atomic E-state index is 5.54. The Balaban J connectivity index is 3.77. The van der Waals surface area contributed by atoms with Gasteiger partial charge in [0.2, 0.25) is 0 Å². The van der Waals surface area contributed by atoms with Gasteiger partial charge in [-0.05, 0) is 18.8 Å². The Morgan fingerprint density at radius 1 is 1.27 bits per heavy atom. The van der Waals surface area contributed by atoms with E-state index in [2.05, 4.69) is 19.3 Å². The molecule has 0 aliphatic carbocycles. The van der Waals surface area contributed by atoms with Crippen LogP contribution in [-0.2, 0) is 4.74 Å². The van der Waals surface area contributed by atoms with Crippen LogP contribution in [0.4, 0.5) is 0 Å². The molecule has 0 saturated heterocycles. The summed E-state index contributed by atoms with van der Waals surface area (Å²) in [5.74, 6) is 6.35. The van der Waals surface area contributed by atoms with Crippen LogP contribution in [-0.4, -0.2) is 19.8 Å². The Hall–Kier alpha value is -0.120. The van der Waals surface area contributed by atoms with E-state index < -0.39 is 0 Å². The lowest BCUT2D eigenvalue weighted by Gasteiger charge is -2.21. The SMILES string of the molecule is CCCCC(CC)CC(CCOC)NN. The molecule has 92 valence electrons. The van der Waals surface area contributed by atoms with E-state index in [1.54, 1.807) is 7.11 Å². The first-order chi connectivity index (χ1) is 7.28.